The number of ether oxygens (including phenoxy) is 2. The van der Waals surface area contributed by atoms with E-state index in [1.165, 1.54) is 0 Å². The maximum Gasteiger partial charge on any atom is 0.327 e. The Kier molecular flexibility index (Phi) is 3.23. The van der Waals surface area contributed by atoms with Crippen LogP contribution in [0.5, 0.6) is 0 Å². The molecule has 2 aromatic heterocycles. The molecule has 1 aliphatic rings. The van der Waals surface area contributed by atoms with Gasteiger partial charge in [0.1, 0.15) is 6.10 Å². The van der Waals surface area contributed by atoms with Crippen LogP contribution in [0.1, 0.15) is 19.5 Å². The van der Waals surface area contributed by atoms with Crippen molar-refractivity contribution in [1.29, 1.82) is 0 Å². The first-order valence-corrected chi connectivity index (χ1v) is 7.22. The molecule has 0 saturated carbocycles. The van der Waals surface area contributed by atoms with Crippen molar-refractivity contribution in [2.45, 2.75) is 39.2 Å². The summed E-state index contributed by atoms with van der Waals surface area (Å²) in [5.74, 6) is -0.591. The molecule has 3 heterocycles. The average Bonchev–Trinajstić information content (AvgIpc) is 2.83. The summed E-state index contributed by atoms with van der Waals surface area (Å²) in [5.41, 5.74) is 2.02. The van der Waals surface area contributed by atoms with Gasteiger partial charge in [-0.2, -0.15) is 0 Å². The molecule has 1 atom stereocenters. The summed E-state index contributed by atoms with van der Waals surface area (Å²) in [6.07, 6.45) is -0.146. The fourth-order valence-electron chi connectivity index (χ4n) is 2.37. The molecule has 0 aromatic carbocycles. The summed E-state index contributed by atoms with van der Waals surface area (Å²) in [5, 5.41) is 0. The molecule has 0 aliphatic carbocycles. The average molecular weight is 342 g/mol. The number of imidazole rings is 1. The Morgan fingerprint density at radius 2 is 2.35 bits per heavy atom. The molecule has 20 heavy (non-hydrogen) atoms. The van der Waals surface area contributed by atoms with Gasteiger partial charge in [0.05, 0.1) is 24.4 Å². The van der Waals surface area contributed by atoms with E-state index in [1.807, 2.05) is 26.8 Å². The second kappa shape index (κ2) is 4.68. The van der Waals surface area contributed by atoms with Crippen molar-refractivity contribution < 1.29 is 9.47 Å². The first-order chi connectivity index (χ1) is 9.35. The Hall–Kier alpha value is -1.18. The normalized spacial score (nSPS) is 21.7. The standard InChI is InChI=1S/C13H16BrN3O3/c1-7-9(14)4-10-11(15-7)17(12(18)16-10)5-8-6-19-13(2,3)20-8/h4,8H,5-6H2,1-3H3,(H,16,18). The number of aromatic amines is 1. The predicted octanol–water partition coefficient (Wildman–Crippen LogP) is 1.95. The highest BCUT2D eigenvalue weighted by Gasteiger charge is 2.33. The van der Waals surface area contributed by atoms with Gasteiger partial charge >= 0.3 is 5.69 Å². The van der Waals surface area contributed by atoms with Crippen molar-refractivity contribution in [3.63, 3.8) is 0 Å². The monoisotopic (exact) mass is 341 g/mol. The van der Waals surface area contributed by atoms with Crippen LogP contribution in [0, 0.1) is 6.92 Å². The minimum absolute atomic E-state index is 0.146. The van der Waals surface area contributed by atoms with Crippen LogP contribution in [0.3, 0.4) is 0 Å². The number of fused-ring (bicyclic) bond motifs is 1. The molecule has 6 nitrogen and oxygen atoms in total. The number of aryl methyl sites for hydroxylation is 1. The lowest BCUT2D eigenvalue weighted by Crippen LogP contribution is -2.28. The maximum atomic E-state index is 12.1. The van der Waals surface area contributed by atoms with Gasteiger partial charge in [-0.1, -0.05) is 0 Å². The molecule has 1 aliphatic heterocycles. The third-order valence-corrected chi connectivity index (χ3v) is 4.13. The van der Waals surface area contributed by atoms with Gasteiger partial charge in [0.15, 0.2) is 11.4 Å². The molecule has 1 saturated heterocycles. The zero-order chi connectivity index (χ0) is 14.5. The number of hydrogen-bond donors (Lipinski definition) is 1. The molecular weight excluding hydrogens is 326 g/mol. The lowest BCUT2D eigenvalue weighted by molar-refractivity contribution is -0.139. The summed E-state index contributed by atoms with van der Waals surface area (Å²) in [6.45, 7) is 6.52. The van der Waals surface area contributed by atoms with Crippen molar-refractivity contribution in [1.82, 2.24) is 14.5 Å². The third-order valence-electron chi connectivity index (χ3n) is 3.33. The van der Waals surface area contributed by atoms with E-state index in [0.29, 0.717) is 24.3 Å². The lowest BCUT2D eigenvalue weighted by Gasteiger charge is -2.17. The van der Waals surface area contributed by atoms with E-state index in [-0.39, 0.29) is 11.8 Å². The predicted molar refractivity (Wildman–Crippen MR) is 77.7 cm³/mol. The molecule has 1 unspecified atom stereocenters. The van der Waals surface area contributed by atoms with Crippen LogP contribution in [0.4, 0.5) is 0 Å². The number of rotatable bonds is 2. The minimum atomic E-state index is -0.591. The van der Waals surface area contributed by atoms with Gasteiger partial charge < -0.3 is 14.5 Å². The zero-order valence-electron chi connectivity index (χ0n) is 11.6. The highest BCUT2D eigenvalue weighted by atomic mass is 79.9. The van der Waals surface area contributed by atoms with E-state index in [4.69, 9.17) is 9.47 Å². The van der Waals surface area contributed by atoms with E-state index in [9.17, 15) is 4.79 Å². The zero-order valence-corrected chi connectivity index (χ0v) is 13.2. The van der Waals surface area contributed by atoms with Crippen LogP contribution in [-0.4, -0.2) is 33.0 Å². The number of halogens is 1. The van der Waals surface area contributed by atoms with Gasteiger partial charge in [0.2, 0.25) is 0 Å². The van der Waals surface area contributed by atoms with E-state index in [1.54, 1.807) is 4.57 Å². The highest BCUT2D eigenvalue weighted by molar-refractivity contribution is 9.10. The molecular formula is C13H16BrN3O3. The van der Waals surface area contributed by atoms with Crippen LogP contribution in [0.2, 0.25) is 0 Å². The van der Waals surface area contributed by atoms with Gasteiger partial charge in [-0.05, 0) is 42.8 Å². The van der Waals surface area contributed by atoms with Crippen LogP contribution < -0.4 is 5.69 Å². The Balaban J connectivity index is 1.97. The SMILES string of the molecule is Cc1nc2c(cc1Br)[nH]c(=O)n2CC1COC(C)(C)O1. The van der Waals surface area contributed by atoms with Gasteiger partial charge in [-0.3, -0.25) is 4.57 Å². The van der Waals surface area contributed by atoms with Crippen LogP contribution >= 0.6 is 15.9 Å². The summed E-state index contributed by atoms with van der Waals surface area (Å²) < 4.78 is 13.7. The Morgan fingerprint density at radius 3 is 3.00 bits per heavy atom. The molecule has 1 fully saturated rings. The first-order valence-electron chi connectivity index (χ1n) is 6.43. The summed E-state index contributed by atoms with van der Waals surface area (Å²) in [7, 11) is 0. The van der Waals surface area contributed by atoms with E-state index in [0.717, 1.165) is 10.2 Å². The molecule has 1 N–H and O–H groups in total. The lowest BCUT2D eigenvalue weighted by atomic mass is 10.3. The van der Waals surface area contributed by atoms with Gasteiger partial charge in [0, 0.05) is 4.47 Å². The van der Waals surface area contributed by atoms with E-state index >= 15 is 0 Å². The fourth-order valence-corrected chi connectivity index (χ4v) is 2.69. The Morgan fingerprint density at radius 1 is 1.60 bits per heavy atom. The van der Waals surface area contributed by atoms with Crippen molar-refractivity contribution in [3.8, 4) is 0 Å². The first kappa shape index (κ1) is 13.8. The van der Waals surface area contributed by atoms with Crippen molar-refractivity contribution in [2.24, 2.45) is 0 Å². The van der Waals surface area contributed by atoms with Crippen LogP contribution in [0.15, 0.2) is 15.3 Å². The topological polar surface area (TPSA) is 69.1 Å². The number of aromatic nitrogens is 3. The van der Waals surface area contributed by atoms with E-state index < -0.39 is 5.79 Å². The summed E-state index contributed by atoms with van der Waals surface area (Å²) in [6, 6.07) is 1.87. The molecule has 0 bridgehead atoms. The van der Waals surface area contributed by atoms with Gasteiger partial charge in [0.25, 0.3) is 0 Å². The number of nitrogens with one attached hydrogen (secondary N) is 1. The van der Waals surface area contributed by atoms with E-state index in [2.05, 4.69) is 25.9 Å². The quantitative estimate of drug-likeness (QED) is 0.906. The van der Waals surface area contributed by atoms with Crippen LogP contribution in [-0.2, 0) is 16.0 Å². The summed E-state index contributed by atoms with van der Waals surface area (Å²) >= 11 is 3.41. The molecule has 0 spiro atoms. The molecule has 0 amide bonds. The number of nitrogens with zero attached hydrogens (tertiary/aromatic N) is 2. The van der Waals surface area contributed by atoms with Crippen molar-refractivity contribution >= 4 is 27.1 Å². The Labute approximate surface area is 124 Å². The fraction of sp³-hybridized carbons (Fsp3) is 0.538. The van der Waals surface area contributed by atoms with Gasteiger partial charge in [-0.15, -0.1) is 0 Å². The number of pyridine rings is 1. The van der Waals surface area contributed by atoms with Crippen LogP contribution in [0.25, 0.3) is 11.2 Å². The largest absolute Gasteiger partial charge is 0.348 e. The highest BCUT2D eigenvalue weighted by Crippen LogP contribution is 2.24. The van der Waals surface area contributed by atoms with Crippen molar-refractivity contribution in [3.05, 3.63) is 26.7 Å². The minimum Gasteiger partial charge on any atom is -0.348 e. The molecule has 108 valence electrons. The summed E-state index contributed by atoms with van der Waals surface area (Å²) in [4.78, 5) is 19.3. The number of H-pyrrole nitrogens is 1. The molecule has 3 rings (SSSR count). The molecule has 7 heteroatoms. The van der Waals surface area contributed by atoms with Gasteiger partial charge in [-0.25, -0.2) is 9.78 Å². The molecule has 2 aromatic rings. The maximum absolute atomic E-state index is 12.1. The Bertz CT molecular complexity index is 719. The molecule has 0 radical (unpaired) electrons. The smallest absolute Gasteiger partial charge is 0.327 e. The second-order valence-electron chi connectivity index (χ2n) is 5.42. The third kappa shape index (κ3) is 2.41. The number of hydrogen-bond acceptors (Lipinski definition) is 4. The van der Waals surface area contributed by atoms with Crippen molar-refractivity contribution in [2.75, 3.05) is 6.61 Å². The second-order valence-corrected chi connectivity index (χ2v) is 6.27.